The van der Waals surface area contributed by atoms with Crippen molar-refractivity contribution in [2.45, 2.75) is 51.1 Å². The van der Waals surface area contributed by atoms with Crippen LogP contribution in [0.1, 0.15) is 39.0 Å². The largest absolute Gasteiger partial charge is 0.328 e. The van der Waals surface area contributed by atoms with Crippen LogP contribution in [0.2, 0.25) is 0 Å². The highest BCUT2D eigenvalue weighted by Crippen LogP contribution is 2.16. The molecular formula is C12H27N3O2S. The Labute approximate surface area is 111 Å². The van der Waals surface area contributed by atoms with Gasteiger partial charge in [-0.25, -0.2) is 12.7 Å². The van der Waals surface area contributed by atoms with E-state index in [1.165, 1.54) is 10.6 Å². The molecular weight excluding hydrogens is 250 g/mol. The van der Waals surface area contributed by atoms with Gasteiger partial charge in [0.25, 0.3) is 0 Å². The summed E-state index contributed by atoms with van der Waals surface area (Å²) in [5, 5.41) is 3.50. The molecule has 0 aliphatic heterocycles. The minimum Gasteiger partial charge on any atom is -0.328 e. The molecule has 1 aliphatic rings. The van der Waals surface area contributed by atoms with E-state index in [1.807, 2.05) is 6.92 Å². The van der Waals surface area contributed by atoms with Gasteiger partial charge < -0.3 is 11.1 Å². The molecule has 1 saturated carbocycles. The van der Waals surface area contributed by atoms with E-state index < -0.39 is 10.0 Å². The van der Waals surface area contributed by atoms with Crippen LogP contribution in [-0.4, -0.2) is 50.7 Å². The second kappa shape index (κ2) is 7.43. The molecule has 1 aliphatic carbocycles. The van der Waals surface area contributed by atoms with E-state index in [9.17, 15) is 8.42 Å². The quantitative estimate of drug-likeness (QED) is 0.665. The number of sulfonamides is 1. The number of nitrogens with two attached hydrogens (primary N) is 1. The van der Waals surface area contributed by atoms with Gasteiger partial charge in [0.2, 0.25) is 10.0 Å². The monoisotopic (exact) mass is 277 g/mol. The van der Waals surface area contributed by atoms with E-state index in [2.05, 4.69) is 5.32 Å². The smallest absolute Gasteiger partial charge is 0.211 e. The minimum absolute atomic E-state index is 0.379. The van der Waals surface area contributed by atoms with E-state index in [1.54, 1.807) is 0 Å². The lowest BCUT2D eigenvalue weighted by atomic mass is 9.92. The summed E-state index contributed by atoms with van der Waals surface area (Å²) in [6.45, 7) is 3.91. The van der Waals surface area contributed by atoms with Gasteiger partial charge in [-0.3, -0.25) is 0 Å². The summed E-state index contributed by atoms with van der Waals surface area (Å²) in [6, 6.07) is 0.946. The third kappa shape index (κ3) is 5.65. The summed E-state index contributed by atoms with van der Waals surface area (Å²) >= 11 is 0. The van der Waals surface area contributed by atoms with E-state index in [0.29, 0.717) is 25.2 Å². The van der Waals surface area contributed by atoms with Gasteiger partial charge in [-0.1, -0.05) is 6.92 Å². The molecule has 0 radical (unpaired) electrons. The molecule has 0 aromatic carbocycles. The number of hydrogen-bond donors (Lipinski definition) is 2. The Balaban J connectivity index is 2.15. The molecule has 18 heavy (non-hydrogen) atoms. The van der Waals surface area contributed by atoms with Crippen molar-refractivity contribution in [3.8, 4) is 0 Å². The van der Waals surface area contributed by atoms with Crippen LogP contribution in [0.4, 0.5) is 0 Å². The lowest BCUT2D eigenvalue weighted by Gasteiger charge is -2.27. The molecule has 6 heteroatoms. The molecule has 108 valence electrons. The maximum Gasteiger partial charge on any atom is 0.211 e. The van der Waals surface area contributed by atoms with Gasteiger partial charge in [0.15, 0.2) is 0 Å². The van der Waals surface area contributed by atoms with Crippen molar-refractivity contribution in [3.63, 3.8) is 0 Å². The van der Waals surface area contributed by atoms with Gasteiger partial charge in [0.05, 0.1) is 6.26 Å². The normalized spacial score (nSPS) is 25.6. The predicted molar refractivity (Wildman–Crippen MR) is 74.9 cm³/mol. The van der Waals surface area contributed by atoms with E-state index >= 15 is 0 Å². The number of nitrogens with zero attached hydrogens (tertiary/aromatic N) is 1. The molecule has 0 spiro atoms. The summed E-state index contributed by atoms with van der Waals surface area (Å²) in [5.41, 5.74) is 5.86. The number of nitrogens with one attached hydrogen (secondary N) is 1. The fraction of sp³-hybridized carbons (Fsp3) is 1.00. The summed E-state index contributed by atoms with van der Waals surface area (Å²) in [4.78, 5) is 0. The van der Waals surface area contributed by atoms with Crippen molar-refractivity contribution >= 4 is 10.0 Å². The van der Waals surface area contributed by atoms with Crippen LogP contribution in [0.3, 0.4) is 0 Å². The Morgan fingerprint density at radius 1 is 1.28 bits per heavy atom. The van der Waals surface area contributed by atoms with Crippen LogP contribution < -0.4 is 11.1 Å². The van der Waals surface area contributed by atoms with Crippen molar-refractivity contribution in [1.82, 2.24) is 9.62 Å². The van der Waals surface area contributed by atoms with Crippen LogP contribution in [0.5, 0.6) is 0 Å². The van der Waals surface area contributed by atoms with Gasteiger partial charge >= 0.3 is 0 Å². The van der Waals surface area contributed by atoms with E-state index in [-0.39, 0.29) is 0 Å². The molecule has 0 aromatic rings. The van der Waals surface area contributed by atoms with Crippen LogP contribution in [0.15, 0.2) is 0 Å². The molecule has 0 heterocycles. The molecule has 0 aromatic heterocycles. The van der Waals surface area contributed by atoms with Crippen LogP contribution in [-0.2, 0) is 10.0 Å². The topological polar surface area (TPSA) is 75.4 Å². The molecule has 0 saturated heterocycles. The van der Waals surface area contributed by atoms with Crippen LogP contribution in [0.25, 0.3) is 0 Å². The average Bonchev–Trinajstić information content (AvgIpc) is 2.30. The molecule has 1 fully saturated rings. The SMILES string of the molecule is CCN(CCCNC1CCC(N)CC1)S(C)(=O)=O. The van der Waals surface area contributed by atoms with Crippen molar-refractivity contribution in [3.05, 3.63) is 0 Å². The van der Waals surface area contributed by atoms with Gasteiger partial charge in [0, 0.05) is 25.2 Å². The Morgan fingerprint density at radius 3 is 2.39 bits per heavy atom. The molecule has 0 amide bonds. The highest BCUT2D eigenvalue weighted by atomic mass is 32.2. The van der Waals surface area contributed by atoms with Crippen molar-refractivity contribution in [2.75, 3.05) is 25.9 Å². The average molecular weight is 277 g/mol. The Hall–Kier alpha value is -0.170. The second-order valence-electron chi connectivity index (χ2n) is 5.17. The highest BCUT2D eigenvalue weighted by Gasteiger charge is 2.18. The lowest BCUT2D eigenvalue weighted by Crippen LogP contribution is -2.39. The first kappa shape index (κ1) is 15.9. The third-order valence-corrected chi connectivity index (χ3v) is 4.99. The van der Waals surface area contributed by atoms with Crippen molar-refractivity contribution < 1.29 is 8.42 Å². The Morgan fingerprint density at radius 2 is 1.89 bits per heavy atom. The minimum atomic E-state index is -3.04. The molecule has 3 N–H and O–H groups in total. The summed E-state index contributed by atoms with van der Waals surface area (Å²) in [7, 11) is -3.04. The van der Waals surface area contributed by atoms with E-state index in [4.69, 9.17) is 5.73 Å². The fourth-order valence-corrected chi connectivity index (χ4v) is 3.37. The zero-order valence-corrected chi connectivity index (χ0v) is 12.4. The zero-order valence-electron chi connectivity index (χ0n) is 11.6. The first-order valence-corrected chi connectivity index (χ1v) is 8.72. The summed E-state index contributed by atoms with van der Waals surface area (Å²) in [5.74, 6) is 0. The van der Waals surface area contributed by atoms with Gasteiger partial charge in [-0.05, 0) is 38.6 Å². The molecule has 0 unspecified atom stereocenters. The molecule has 1 rings (SSSR count). The maximum atomic E-state index is 11.4. The predicted octanol–water partition coefficient (Wildman–Crippen LogP) is 0.518. The summed E-state index contributed by atoms with van der Waals surface area (Å²) in [6.07, 6.45) is 6.62. The Kier molecular flexibility index (Phi) is 6.55. The zero-order chi connectivity index (χ0) is 13.6. The molecule has 5 nitrogen and oxygen atoms in total. The number of rotatable bonds is 7. The molecule has 0 bridgehead atoms. The summed E-state index contributed by atoms with van der Waals surface area (Å²) < 4.78 is 24.3. The maximum absolute atomic E-state index is 11.4. The van der Waals surface area contributed by atoms with Crippen LogP contribution >= 0.6 is 0 Å². The first-order chi connectivity index (χ1) is 8.43. The second-order valence-corrected chi connectivity index (χ2v) is 7.16. The standard InChI is InChI=1S/C12H27N3O2S/c1-3-15(18(2,16)17)10-4-9-14-12-7-5-11(13)6-8-12/h11-12,14H,3-10,13H2,1-2H3. The van der Waals surface area contributed by atoms with Crippen molar-refractivity contribution in [2.24, 2.45) is 5.73 Å². The van der Waals surface area contributed by atoms with Gasteiger partial charge in [-0.15, -0.1) is 0 Å². The van der Waals surface area contributed by atoms with E-state index in [0.717, 1.165) is 38.6 Å². The lowest BCUT2D eigenvalue weighted by molar-refractivity contribution is 0.335. The fourth-order valence-electron chi connectivity index (χ4n) is 2.44. The number of hydrogen-bond acceptors (Lipinski definition) is 4. The Bertz CT molecular complexity index is 324. The highest BCUT2D eigenvalue weighted by molar-refractivity contribution is 7.88. The van der Waals surface area contributed by atoms with Gasteiger partial charge in [-0.2, -0.15) is 0 Å². The van der Waals surface area contributed by atoms with Gasteiger partial charge in [0.1, 0.15) is 0 Å². The van der Waals surface area contributed by atoms with Crippen molar-refractivity contribution in [1.29, 1.82) is 0 Å². The molecule has 0 atom stereocenters. The van der Waals surface area contributed by atoms with Crippen LogP contribution in [0, 0.1) is 0 Å². The third-order valence-electron chi connectivity index (χ3n) is 3.61. The first-order valence-electron chi connectivity index (χ1n) is 6.87.